The standard InChI is InChI=1S/C11H12F5NO2/c12-10(13)8(18)6-17-5-7-3-1-2-4-9(7)19-11(14,15)16/h1-4,8,10,17-18H,5-6H2. The predicted octanol–water partition coefficient (Wildman–Crippen LogP) is 2.30. The van der Waals surface area contributed by atoms with Crippen LogP contribution in [-0.4, -0.2) is 30.5 Å². The third-order valence-corrected chi connectivity index (χ3v) is 2.16. The minimum atomic E-state index is -4.82. The van der Waals surface area contributed by atoms with Crippen LogP contribution < -0.4 is 10.1 Å². The van der Waals surface area contributed by atoms with Crippen molar-refractivity contribution in [2.24, 2.45) is 0 Å². The Labute approximate surface area is 106 Å². The van der Waals surface area contributed by atoms with E-state index >= 15 is 0 Å². The molecule has 2 N–H and O–H groups in total. The van der Waals surface area contributed by atoms with Crippen LogP contribution in [0.4, 0.5) is 22.0 Å². The van der Waals surface area contributed by atoms with Crippen molar-refractivity contribution in [2.45, 2.75) is 25.4 Å². The van der Waals surface area contributed by atoms with Gasteiger partial charge in [0.15, 0.2) is 0 Å². The molecule has 0 radical (unpaired) electrons. The number of benzene rings is 1. The van der Waals surface area contributed by atoms with Gasteiger partial charge in [0.25, 0.3) is 6.43 Å². The summed E-state index contributed by atoms with van der Waals surface area (Å²) < 4.78 is 64.1. The van der Waals surface area contributed by atoms with Gasteiger partial charge in [-0.3, -0.25) is 0 Å². The lowest BCUT2D eigenvalue weighted by molar-refractivity contribution is -0.274. The molecule has 1 unspecified atom stereocenters. The molecule has 0 saturated carbocycles. The summed E-state index contributed by atoms with van der Waals surface area (Å²) in [6.07, 6.45) is -9.59. The molecule has 1 aromatic carbocycles. The highest BCUT2D eigenvalue weighted by atomic mass is 19.4. The van der Waals surface area contributed by atoms with Gasteiger partial charge in [-0.05, 0) is 6.07 Å². The Morgan fingerprint density at radius 3 is 2.42 bits per heavy atom. The third kappa shape index (κ3) is 5.84. The van der Waals surface area contributed by atoms with Crippen LogP contribution >= 0.6 is 0 Å². The van der Waals surface area contributed by atoms with Gasteiger partial charge < -0.3 is 15.2 Å². The van der Waals surface area contributed by atoms with Crippen LogP contribution in [0.1, 0.15) is 5.56 Å². The van der Waals surface area contributed by atoms with Crippen molar-refractivity contribution in [2.75, 3.05) is 6.54 Å². The summed E-state index contributed by atoms with van der Waals surface area (Å²) in [6, 6.07) is 5.33. The molecule has 0 aromatic heterocycles. The molecule has 3 nitrogen and oxygen atoms in total. The van der Waals surface area contributed by atoms with Crippen molar-refractivity contribution in [3.05, 3.63) is 29.8 Å². The molecular weight excluding hydrogens is 273 g/mol. The Hall–Kier alpha value is -1.41. The van der Waals surface area contributed by atoms with Gasteiger partial charge in [0, 0.05) is 18.7 Å². The molecule has 0 fully saturated rings. The second kappa shape index (κ2) is 6.67. The van der Waals surface area contributed by atoms with Crippen LogP contribution in [0.2, 0.25) is 0 Å². The highest BCUT2D eigenvalue weighted by Gasteiger charge is 2.31. The highest BCUT2D eigenvalue weighted by Crippen LogP contribution is 2.26. The first-order valence-electron chi connectivity index (χ1n) is 5.30. The summed E-state index contributed by atoms with van der Waals surface area (Å²) in [7, 11) is 0. The molecule has 1 rings (SSSR count). The Morgan fingerprint density at radius 2 is 1.84 bits per heavy atom. The number of hydrogen-bond acceptors (Lipinski definition) is 3. The summed E-state index contributed by atoms with van der Waals surface area (Å²) in [5, 5.41) is 11.3. The summed E-state index contributed by atoms with van der Waals surface area (Å²) in [4.78, 5) is 0. The Bertz CT molecular complexity index is 397. The van der Waals surface area contributed by atoms with Crippen molar-refractivity contribution in [3.8, 4) is 5.75 Å². The van der Waals surface area contributed by atoms with Crippen LogP contribution in [0.3, 0.4) is 0 Å². The minimum Gasteiger partial charge on any atom is -0.405 e. The van der Waals surface area contributed by atoms with Gasteiger partial charge in [-0.1, -0.05) is 18.2 Å². The van der Waals surface area contributed by atoms with Gasteiger partial charge in [0.05, 0.1) is 0 Å². The lowest BCUT2D eigenvalue weighted by Gasteiger charge is -2.14. The zero-order valence-corrected chi connectivity index (χ0v) is 9.62. The second-order valence-electron chi connectivity index (χ2n) is 3.69. The van der Waals surface area contributed by atoms with Gasteiger partial charge in [0.1, 0.15) is 11.9 Å². The summed E-state index contributed by atoms with van der Waals surface area (Å²) in [5.41, 5.74) is 0.154. The largest absolute Gasteiger partial charge is 0.573 e. The minimum absolute atomic E-state index is 0.129. The van der Waals surface area contributed by atoms with Crippen molar-refractivity contribution >= 4 is 0 Å². The van der Waals surface area contributed by atoms with E-state index in [4.69, 9.17) is 5.11 Å². The van der Waals surface area contributed by atoms with Gasteiger partial charge in [0.2, 0.25) is 0 Å². The molecule has 8 heteroatoms. The maximum absolute atomic E-state index is 12.1. The molecule has 0 spiro atoms. The fourth-order valence-electron chi connectivity index (χ4n) is 1.32. The maximum atomic E-state index is 12.1. The topological polar surface area (TPSA) is 41.5 Å². The van der Waals surface area contributed by atoms with Gasteiger partial charge in [-0.2, -0.15) is 0 Å². The number of rotatable bonds is 6. The van der Waals surface area contributed by atoms with Crippen LogP contribution in [-0.2, 0) is 6.54 Å². The summed E-state index contributed by atoms with van der Waals surface area (Å²) >= 11 is 0. The molecule has 0 bridgehead atoms. The molecule has 0 saturated heterocycles. The number of hydrogen-bond donors (Lipinski definition) is 2. The van der Waals surface area contributed by atoms with Crippen molar-refractivity contribution < 1.29 is 31.8 Å². The molecule has 0 aliphatic carbocycles. The van der Waals surface area contributed by atoms with E-state index in [-0.39, 0.29) is 12.1 Å². The monoisotopic (exact) mass is 285 g/mol. The molecule has 1 aromatic rings. The van der Waals surface area contributed by atoms with E-state index in [9.17, 15) is 22.0 Å². The van der Waals surface area contributed by atoms with E-state index in [1.807, 2.05) is 0 Å². The molecule has 0 aliphatic rings. The number of alkyl halides is 5. The molecule has 19 heavy (non-hydrogen) atoms. The molecular formula is C11H12F5NO2. The van der Waals surface area contributed by atoms with E-state index in [2.05, 4.69) is 10.1 Å². The average Bonchev–Trinajstić information content (AvgIpc) is 2.29. The normalized spacial score (nSPS) is 13.6. The lowest BCUT2D eigenvalue weighted by atomic mass is 10.2. The van der Waals surface area contributed by atoms with E-state index < -0.39 is 31.2 Å². The second-order valence-corrected chi connectivity index (χ2v) is 3.69. The highest BCUT2D eigenvalue weighted by molar-refractivity contribution is 5.33. The van der Waals surface area contributed by atoms with Crippen molar-refractivity contribution in [1.29, 1.82) is 0 Å². The number of nitrogens with one attached hydrogen (secondary N) is 1. The smallest absolute Gasteiger partial charge is 0.405 e. The van der Waals surface area contributed by atoms with Crippen LogP contribution in [0.25, 0.3) is 0 Å². The first kappa shape index (κ1) is 15.6. The Morgan fingerprint density at radius 1 is 1.21 bits per heavy atom. The SMILES string of the molecule is OC(CNCc1ccccc1OC(F)(F)F)C(F)F. The van der Waals surface area contributed by atoms with E-state index in [1.54, 1.807) is 0 Å². The number of ether oxygens (including phenoxy) is 1. The van der Waals surface area contributed by atoms with Crippen molar-refractivity contribution in [3.63, 3.8) is 0 Å². The zero-order chi connectivity index (χ0) is 14.5. The summed E-state index contributed by atoms with van der Waals surface area (Å²) in [6.45, 7) is -0.561. The van der Waals surface area contributed by atoms with Gasteiger partial charge in [-0.15, -0.1) is 13.2 Å². The fourth-order valence-corrected chi connectivity index (χ4v) is 1.32. The summed E-state index contributed by atoms with van der Waals surface area (Å²) in [5.74, 6) is -0.408. The van der Waals surface area contributed by atoms with E-state index in [1.165, 1.54) is 18.2 Å². The first-order valence-corrected chi connectivity index (χ1v) is 5.30. The third-order valence-electron chi connectivity index (χ3n) is 2.16. The molecule has 1 atom stereocenters. The van der Waals surface area contributed by atoms with Crippen LogP contribution in [0.15, 0.2) is 24.3 Å². The Balaban J connectivity index is 2.58. The van der Waals surface area contributed by atoms with Gasteiger partial charge in [-0.25, -0.2) is 8.78 Å². The quantitative estimate of drug-likeness (QED) is 0.788. The first-order chi connectivity index (χ1) is 8.79. The predicted molar refractivity (Wildman–Crippen MR) is 56.8 cm³/mol. The molecule has 0 heterocycles. The van der Waals surface area contributed by atoms with E-state index in [0.717, 1.165) is 6.07 Å². The number of para-hydroxylation sites is 1. The van der Waals surface area contributed by atoms with Crippen molar-refractivity contribution in [1.82, 2.24) is 5.32 Å². The van der Waals surface area contributed by atoms with Crippen LogP contribution in [0.5, 0.6) is 5.75 Å². The lowest BCUT2D eigenvalue weighted by Crippen LogP contribution is -2.32. The van der Waals surface area contributed by atoms with E-state index in [0.29, 0.717) is 0 Å². The molecule has 0 amide bonds. The molecule has 108 valence electrons. The zero-order valence-electron chi connectivity index (χ0n) is 9.62. The Kier molecular flexibility index (Phi) is 5.49. The fraction of sp³-hybridized carbons (Fsp3) is 0.455. The number of aliphatic hydroxyl groups excluding tert-OH is 1. The maximum Gasteiger partial charge on any atom is 0.573 e. The average molecular weight is 285 g/mol. The number of halogens is 5. The van der Waals surface area contributed by atoms with Gasteiger partial charge >= 0.3 is 6.36 Å². The van der Waals surface area contributed by atoms with Crippen LogP contribution in [0, 0.1) is 0 Å². The number of aliphatic hydroxyl groups is 1. The molecule has 0 aliphatic heterocycles.